The molecule has 82 valence electrons. The lowest BCUT2D eigenvalue weighted by Gasteiger charge is -2.29. The van der Waals surface area contributed by atoms with E-state index >= 15 is 0 Å². The maximum absolute atomic E-state index is 12.2. The highest BCUT2D eigenvalue weighted by molar-refractivity contribution is 7.85. The molecule has 1 aromatic carbocycles. The fourth-order valence-electron chi connectivity index (χ4n) is 2.25. The van der Waals surface area contributed by atoms with Gasteiger partial charge in [0.05, 0.1) is 10.8 Å². The smallest absolute Gasteiger partial charge is 0.0564 e. The van der Waals surface area contributed by atoms with Crippen LogP contribution in [0.1, 0.15) is 30.5 Å². The van der Waals surface area contributed by atoms with Crippen molar-refractivity contribution in [2.24, 2.45) is 0 Å². The first-order valence-electron chi connectivity index (χ1n) is 5.32. The van der Waals surface area contributed by atoms with Gasteiger partial charge in [-0.25, -0.2) is 0 Å². The molecule has 0 radical (unpaired) electrons. The first kappa shape index (κ1) is 10.8. The monoisotopic (exact) mass is 223 g/mol. The van der Waals surface area contributed by atoms with Crippen LogP contribution in [0.25, 0.3) is 0 Å². The molecular formula is C12H17NOS. The van der Waals surface area contributed by atoms with Crippen molar-refractivity contribution < 1.29 is 4.21 Å². The quantitative estimate of drug-likeness (QED) is 0.790. The molecule has 1 heterocycles. The van der Waals surface area contributed by atoms with E-state index in [9.17, 15) is 4.21 Å². The Bertz CT molecular complexity index is 403. The molecule has 0 saturated heterocycles. The summed E-state index contributed by atoms with van der Waals surface area (Å²) in [5.41, 5.74) is 2.37. The minimum absolute atomic E-state index is 0.246. The van der Waals surface area contributed by atoms with Crippen molar-refractivity contribution in [3.63, 3.8) is 0 Å². The maximum Gasteiger partial charge on any atom is 0.0564 e. The van der Waals surface area contributed by atoms with Crippen molar-refractivity contribution in [1.29, 1.82) is 0 Å². The average molecular weight is 223 g/mol. The van der Waals surface area contributed by atoms with E-state index in [2.05, 4.69) is 18.3 Å². The Morgan fingerprint density at radius 2 is 2.20 bits per heavy atom. The Kier molecular flexibility index (Phi) is 2.94. The van der Waals surface area contributed by atoms with Crippen LogP contribution in [0.4, 0.5) is 0 Å². The van der Waals surface area contributed by atoms with E-state index in [1.54, 1.807) is 0 Å². The van der Waals surface area contributed by atoms with Gasteiger partial charge in [0.25, 0.3) is 0 Å². The van der Waals surface area contributed by atoms with Gasteiger partial charge in [-0.1, -0.05) is 25.1 Å². The third-order valence-corrected chi connectivity index (χ3v) is 4.98. The van der Waals surface area contributed by atoms with Gasteiger partial charge in [-0.3, -0.25) is 4.21 Å². The van der Waals surface area contributed by atoms with E-state index in [4.69, 9.17) is 0 Å². The summed E-state index contributed by atoms with van der Waals surface area (Å²) in [6.45, 7) is 4.11. The Balaban J connectivity index is 2.58. The van der Waals surface area contributed by atoms with Crippen molar-refractivity contribution in [2.75, 3.05) is 7.05 Å². The van der Waals surface area contributed by atoms with Gasteiger partial charge in [-0.05, 0) is 31.5 Å². The summed E-state index contributed by atoms with van der Waals surface area (Å²) in [5.74, 6) is 0. The van der Waals surface area contributed by atoms with E-state index in [0.29, 0.717) is 6.04 Å². The lowest BCUT2D eigenvalue weighted by molar-refractivity contribution is 0.517. The fraction of sp³-hybridized carbons (Fsp3) is 0.500. The fourth-order valence-corrected chi connectivity index (χ4v) is 3.84. The van der Waals surface area contributed by atoms with E-state index in [1.807, 2.05) is 26.1 Å². The molecule has 2 rings (SSSR count). The predicted molar refractivity (Wildman–Crippen MR) is 63.5 cm³/mol. The zero-order valence-electron chi connectivity index (χ0n) is 9.41. The summed E-state index contributed by atoms with van der Waals surface area (Å²) in [4.78, 5) is 1.05. The van der Waals surface area contributed by atoms with Gasteiger partial charge >= 0.3 is 0 Å². The Morgan fingerprint density at radius 3 is 2.87 bits per heavy atom. The molecule has 0 aliphatic carbocycles. The topological polar surface area (TPSA) is 29.1 Å². The molecule has 15 heavy (non-hydrogen) atoms. The molecule has 3 unspecified atom stereocenters. The Hall–Kier alpha value is -0.670. The maximum atomic E-state index is 12.2. The molecule has 0 aromatic heterocycles. The third-order valence-electron chi connectivity index (χ3n) is 3.10. The SMILES string of the molecule is CNC1CC(C)S(=O)c2c(C)cccc21. The van der Waals surface area contributed by atoms with E-state index in [1.165, 1.54) is 5.56 Å². The molecule has 1 aliphatic heterocycles. The molecular weight excluding hydrogens is 206 g/mol. The van der Waals surface area contributed by atoms with Crippen molar-refractivity contribution in [1.82, 2.24) is 5.32 Å². The van der Waals surface area contributed by atoms with Crippen molar-refractivity contribution >= 4 is 10.8 Å². The minimum atomic E-state index is -0.834. The highest BCUT2D eigenvalue weighted by Crippen LogP contribution is 2.35. The van der Waals surface area contributed by atoms with Crippen LogP contribution in [0.15, 0.2) is 23.1 Å². The molecule has 1 N–H and O–H groups in total. The predicted octanol–water partition coefficient (Wildman–Crippen LogP) is 2.16. The van der Waals surface area contributed by atoms with E-state index in [-0.39, 0.29) is 5.25 Å². The molecule has 3 atom stereocenters. The largest absolute Gasteiger partial charge is 0.313 e. The molecule has 0 fully saturated rings. The van der Waals surface area contributed by atoms with Gasteiger partial charge in [0.1, 0.15) is 0 Å². The van der Waals surface area contributed by atoms with Crippen LogP contribution in [0.2, 0.25) is 0 Å². The first-order chi connectivity index (χ1) is 7.15. The van der Waals surface area contributed by atoms with Crippen LogP contribution in [0.3, 0.4) is 0 Å². The van der Waals surface area contributed by atoms with E-state index in [0.717, 1.165) is 16.9 Å². The number of fused-ring (bicyclic) bond motifs is 1. The summed E-state index contributed by atoms with van der Waals surface area (Å²) < 4.78 is 12.2. The number of hydrogen-bond donors (Lipinski definition) is 1. The zero-order chi connectivity index (χ0) is 11.0. The van der Waals surface area contributed by atoms with Crippen molar-refractivity contribution in [2.45, 2.75) is 36.5 Å². The van der Waals surface area contributed by atoms with Gasteiger partial charge in [0, 0.05) is 16.2 Å². The summed E-state index contributed by atoms with van der Waals surface area (Å²) in [5, 5.41) is 3.55. The molecule has 3 heteroatoms. The first-order valence-corrected chi connectivity index (χ1v) is 6.53. The Morgan fingerprint density at radius 1 is 1.47 bits per heavy atom. The molecule has 0 saturated carbocycles. The zero-order valence-corrected chi connectivity index (χ0v) is 10.2. The van der Waals surface area contributed by atoms with Crippen LogP contribution in [-0.2, 0) is 10.8 Å². The normalized spacial score (nSPS) is 29.9. The summed E-state index contributed by atoms with van der Waals surface area (Å²) in [6.07, 6.45) is 0.958. The minimum Gasteiger partial charge on any atom is -0.313 e. The van der Waals surface area contributed by atoms with Gasteiger partial charge in [0.2, 0.25) is 0 Å². The second-order valence-corrected chi connectivity index (χ2v) is 5.99. The average Bonchev–Trinajstić information content (AvgIpc) is 2.23. The van der Waals surface area contributed by atoms with E-state index < -0.39 is 10.8 Å². The van der Waals surface area contributed by atoms with Crippen LogP contribution >= 0.6 is 0 Å². The summed E-state index contributed by atoms with van der Waals surface area (Å²) >= 11 is 0. The van der Waals surface area contributed by atoms with Crippen LogP contribution in [-0.4, -0.2) is 16.5 Å². The molecule has 1 aromatic rings. The van der Waals surface area contributed by atoms with Gasteiger partial charge in [-0.15, -0.1) is 0 Å². The highest BCUT2D eigenvalue weighted by atomic mass is 32.2. The molecule has 1 aliphatic rings. The van der Waals surface area contributed by atoms with Crippen LogP contribution in [0.5, 0.6) is 0 Å². The number of benzene rings is 1. The van der Waals surface area contributed by atoms with Crippen LogP contribution < -0.4 is 5.32 Å². The van der Waals surface area contributed by atoms with Gasteiger partial charge in [0.15, 0.2) is 0 Å². The molecule has 0 amide bonds. The van der Waals surface area contributed by atoms with Crippen molar-refractivity contribution in [3.05, 3.63) is 29.3 Å². The van der Waals surface area contributed by atoms with Crippen LogP contribution in [0, 0.1) is 6.92 Å². The number of hydrogen-bond acceptors (Lipinski definition) is 2. The number of nitrogens with one attached hydrogen (secondary N) is 1. The Labute approximate surface area is 93.5 Å². The number of aryl methyl sites for hydroxylation is 1. The second kappa shape index (κ2) is 4.06. The molecule has 0 spiro atoms. The second-order valence-electron chi connectivity index (χ2n) is 4.18. The standard InChI is InChI=1S/C12H17NOS/c1-8-5-4-6-10-11(13-3)7-9(2)15(14)12(8)10/h4-6,9,11,13H,7H2,1-3H3. The summed E-state index contributed by atoms with van der Waals surface area (Å²) in [6, 6.07) is 6.54. The highest BCUT2D eigenvalue weighted by Gasteiger charge is 2.29. The number of rotatable bonds is 1. The molecule has 0 bridgehead atoms. The van der Waals surface area contributed by atoms with Gasteiger partial charge in [-0.2, -0.15) is 0 Å². The van der Waals surface area contributed by atoms with Crippen molar-refractivity contribution in [3.8, 4) is 0 Å². The molecule has 2 nitrogen and oxygen atoms in total. The third kappa shape index (κ3) is 1.74. The lowest BCUT2D eigenvalue weighted by atomic mass is 9.99. The lowest BCUT2D eigenvalue weighted by Crippen LogP contribution is -2.30. The van der Waals surface area contributed by atoms with Gasteiger partial charge < -0.3 is 5.32 Å². The summed E-state index contributed by atoms with van der Waals surface area (Å²) in [7, 11) is 1.14.